The maximum atomic E-state index is 12.3. The zero-order valence-electron chi connectivity index (χ0n) is 18.5. The molecule has 0 aromatic heterocycles. The normalized spacial score (nSPS) is 17.8. The number of ether oxygens (including phenoxy) is 2. The Morgan fingerprint density at radius 1 is 1.16 bits per heavy atom. The van der Waals surface area contributed by atoms with Crippen LogP contribution in [0.3, 0.4) is 0 Å². The fourth-order valence-corrected chi connectivity index (χ4v) is 3.42. The van der Waals surface area contributed by atoms with Crippen LogP contribution in [0, 0.1) is 0 Å². The topological polar surface area (TPSA) is 95.5 Å². The number of carbonyl (C=O) groups excluding carboxylic acids is 2. The summed E-state index contributed by atoms with van der Waals surface area (Å²) in [6.45, 7) is 9.19. The van der Waals surface area contributed by atoms with E-state index in [1.54, 1.807) is 36.3 Å². The van der Waals surface area contributed by atoms with Gasteiger partial charge in [0.05, 0.1) is 19.7 Å². The van der Waals surface area contributed by atoms with Gasteiger partial charge in [0.1, 0.15) is 11.4 Å². The molecule has 1 aromatic rings. The van der Waals surface area contributed by atoms with E-state index in [1.807, 2.05) is 20.8 Å². The number of nitrogens with zero attached hydrogens (tertiary/aromatic N) is 3. The van der Waals surface area contributed by atoms with Gasteiger partial charge in [0.2, 0.25) is 0 Å². The standard InChI is InChI=1S/C21H31N5O4.HI/c1-21(2,3)30-20(28)25-11-12-26-16(14-25)13-24-19(26)23-10-9-22-18(27)15-5-7-17(29-4)8-6-15;/h5-8,16H,9-14H2,1-4H3,(H,22,27)(H,23,24);1H. The molecule has 2 amide bonds. The molecule has 0 aliphatic carbocycles. The summed E-state index contributed by atoms with van der Waals surface area (Å²) in [5.41, 5.74) is 0.0935. The fourth-order valence-electron chi connectivity index (χ4n) is 3.42. The van der Waals surface area contributed by atoms with Crippen LogP contribution < -0.4 is 15.4 Å². The molecule has 9 nitrogen and oxygen atoms in total. The average Bonchev–Trinajstić information content (AvgIpc) is 3.12. The number of hydrogen-bond donors (Lipinski definition) is 2. The minimum atomic E-state index is -0.497. The van der Waals surface area contributed by atoms with Crippen LogP contribution in [-0.4, -0.2) is 85.8 Å². The van der Waals surface area contributed by atoms with Gasteiger partial charge in [-0.3, -0.25) is 9.79 Å². The first-order chi connectivity index (χ1) is 14.3. The smallest absolute Gasteiger partial charge is 0.410 e. The molecule has 2 heterocycles. The molecule has 31 heavy (non-hydrogen) atoms. The molecular weight excluding hydrogens is 513 g/mol. The number of amides is 2. The monoisotopic (exact) mass is 545 g/mol. The lowest BCUT2D eigenvalue weighted by Gasteiger charge is -2.39. The number of methoxy groups -OCH3 is 1. The zero-order chi connectivity index (χ0) is 21.7. The van der Waals surface area contributed by atoms with Gasteiger partial charge in [-0.1, -0.05) is 0 Å². The van der Waals surface area contributed by atoms with Gasteiger partial charge < -0.3 is 29.9 Å². The molecule has 172 valence electrons. The van der Waals surface area contributed by atoms with Crippen LogP contribution in [0.2, 0.25) is 0 Å². The molecular formula is C21H32IN5O4. The second-order valence-corrected chi connectivity index (χ2v) is 8.35. The third kappa shape index (κ3) is 6.88. The minimum absolute atomic E-state index is 0. The van der Waals surface area contributed by atoms with E-state index in [2.05, 4.69) is 20.5 Å². The molecule has 1 unspecified atom stereocenters. The lowest BCUT2D eigenvalue weighted by Crippen LogP contribution is -2.57. The van der Waals surface area contributed by atoms with E-state index >= 15 is 0 Å². The van der Waals surface area contributed by atoms with E-state index in [0.717, 1.165) is 5.96 Å². The first-order valence-corrected chi connectivity index (χ1v) is 10.2. The predicted molar refractivity (Wildman–Crippen MR) is 129 cm³/mol. The molecule has 1 fully saturated rings. The van der Waals surface area contributed by atoms with Gasteiger partial charge in [-0.05, 0) is 45.0 Å². The molecule has 2 N–H and O–H groups in total. The van der Waals surface area contributed by atoms with Crippen molar-refractivity contribution in [3.05, 3.63) is 29.8 Å². The maximum Gasteiger partial charge on any atom is 0.410 e. The van der Waals surface area contributed by atoms with E-state index in [9.17, 15) is 9.59 Å². The number of rotatable bonds is 5. The third-order valence-corrected chi connectivity index (χ3v) is 4.90. The van der Waals surface area contributed by atoms with Gasteiger partial charge >= 0.3 is 6.09 Å². The SMILES string of the molecule is COc1ccc(C(=O)NCCNC2=NCC3CN(C(=O)OC(C)(C)C)CCN23)cc1.I. The number of aliphatic imine (C=N–C) groups is 1. The molecule has 10 heteroatoms. The number of piperazine rings is 1. The second kappa shape index (κ2) is 10.9. The highest BCUT2D eigenvalue weighted by Gasteiger charge is 2.36. The first-order valence-electron chi connectivity index (χ1n) is 10.2. The van der Waals surface area contributed by atoms with Gasteiger partial charge in [-0.25, -0.2) is 4.79 Å². The Bertz CT molecular complexity index is 794. The van der Waals surface area contributed by atoms with E-state index in [1.165, 1.54) is 0 Å². The minimum Gasteiger partial charge on any atom is -0.497 e. The first kappa shape index (κ1) is 25.0. The quantitative estimate of drug-likeness (QED) is 0.434. The second-order valence-electron chi connectivity index (χ2n) is 8.35. The molecule has 1 atom stereocenters. The largest absolute Gasteiger partial charge is 0.497 e. The van der Waals surface area contributed by atoms with E-state index in [0.29, 0.717) is 50.6 Å². The van der Waals surface area contributed by atoms with Crippen LogP contribution >= 0.6 is 24.0 Å². The van der Waals surface area contributed by atoms with Crippen molar-refractivity contribution in [2.24, 2.45) is 4.99 Å². The molecule has 0 bridgehead atoms. The molecule has 1 aromatic carbocycles. The van der Waals surface area contributed by atoms with Crippen LogP contribution in [0.15, 0.2) is 29.3 Å². The Kier molecular flexibility index (Phi) is 8.78. The fraction of sp³-hybridized carbons (Fsp3) is 0.571. The van der Waals surface area contributed by atoms with Gasteiger partial charge in [0.15, 0.2) is 5.96 Å². The number of nitrogens with one attached hydrogen (secondary N) is 2. The Morgan fingerprint density at radius 3 is 2.52 bits per heavy atom. The summed E-state index contributed by atoms with van der Waals surface area (Å²) in [6, 6.07) is 7.15. The van der Waals surface area contributed by atoms with Crippen LogP contribution in [-0.2, 0) is 4.74 Å². The molecule has 2 aliphatic rings. The van der Waals surface area contributed by atoms with E-state index < -0.39 is 5.60 Å². The van der Waals surface area contributed by atoms with Crippen molar-refractivity contribution in [1.82, 2.24) is 20.4 Å². The summed E-state index contributed by atoms with van der Waals surface area (Å²) < 4.78 is 10.6. The van der Waals surface area contributed by atoms with Crippen LogP contribution in [0.5, 0.6) is 5.75 Å². The highest BCUT2D eigenvalue weighted by atomic mass is 127. The van der Waals surface area contributed by atoms with Crippen molar-refractivity contribution in [3.63, 3.8) is 0 Å². The highest BCUT2D eigenvalue weighted by molar-refractivity contribution is 14.0. The van der Waals surface area contributed by atoms with Gasteiger partial charge in [-0.15, -0.1) is 24.0 Å². The van der Waals surface area contributed by atoms with Crippen molar-refractivity contribution >= 4 is 41.9 Å². The number of benzene rings is 1. The van der Waals surface area contributed by atoms with Crippen molar-refractivity contribution in [3.8, 4) is 5.75 Å². The molecule has 2 aliphatic heterocycles. The highest BCUT2D eigenvalue weighted by Crippen LogP contribution is 2.18. The Morgan fingerprint density at radius 2 is 1.87 bits per heavy atom. The Hall–Kier alpha value is -2.24. The van der Waals surface area contributed by atoms with Gasteiger partial charge in [-0.2, -0.15) is 0 Å². The Labute approximate surface area is 200 Å². The Balaban J connectivity index is 0.00000341. The summed E-state index contributed by atoms with van der Waals surface area (Å²) in [7, 11) is 1.59. The summed E-state index contributed by atoms with van der Waals surface area (Å²) in [6.07, 6.45) is -0.273. The van der Waals surface area contributed by atoms with Crippen molar-refractivity contribution in [2.75, 3.05) is 46.4 Å². The van der Waals surface area contributed by atoms with Crippen molar-refractivity contribution < 1.29 is 19.1 Å². The third-order valence-electron chi connectivity index (χ3n) is 4.90. The van der Waals surface area contributed by atoms with Crippen molar-refractivity contribution in [2.45, 2.75) is 32.4 Å². The number of fused-ring (bicyclic) bond motifs is 1. The van der Waals surface area contributed by atoms with E-state index in [-0.39, 0.29) is 42.0 Å². The number of guanidine groups is 1. The number of carbonyl (C=O) groups is 2. The summed E-state index contributed by atoms with van der Waals surface area (Å²) >= 11 is 0. The molecule has 1 saturated heterocycles. The lowest BCUT2D eigenvalue weighted by molar-refractivity contribution is 0.0137. The summed E-state index contributed by atoms with van der Waals surface area (Å²) in [4.78, 5) is 33.0. The van der Waals surface area contributed by atoms with Crippen LogP contribution in [0.25, 0.3) is 0 Å². The maximum absolute atomic E-state index is 12.3. The lowest BCUT2D eigenvalue weighted by atomic mass is 10.2. The zero-order valence-corrected chi connectivity index (χ0v) is 20.8. The molecule has 0 radical (unpaired) electrons. The predicted octanol–water partition coefficient (Wildman–Crippen LogP) is 1.92. The molecule has 0 saturated carbocycles. The van der Waals surface area contributed by atoms with Crippen molar-refractivity contribution in [1.29, 1.82) is 0 Å². The van der Waals surface area contributed by atoms with E-state index in [4.69, 9.17) is 9.47 Å². The van der Waals surface area contributed by atoms with Gasteiger partial charge in [0.25, 0.3) is 5.91 Å². The summed E-state index contributed by atoms with van der Waals surface area (Å²) in [5.74, 6) is 1.41. The number of hydrogen-bond acceptors (Lipinski definition) is 7. The molecule has 0 spiro atoms. The number of halogens is 1. The average molecular weight is 545 g/mol. The summed E-state index contributed by atoms with van der Waals surface area (Å²) in [5, 5.41) is 6.19. The van der Waals surface area contributed by atoms with Gasteiger partial charge in [0, 0.05) is 38.3 Å². The van der Waals surface area contributed by atoms with Crippen LogP contribution in [0.4, 0.5) is 4.79 Å². The molecule has 3 rings (SSSR count). The van der Waals surface area contributed by atoms with Crippen LogP contribution in [0.1, 0.15) is 31.1 Å².